The van der Waals surface area contributed by atoms with E-state index in [0.717, 1.165) is 47.6 Å². The summed E-state index contributed by atoms with van der Waals surface area (Å²) in [5.74, 6) is 5.28. The maximum atomic E-state index is 2.64. The highest BCUT2D eigenvalue weighted by molar-refractivity contribution is 4.91. The summed E-state index contributed by atoms with van der Waals surface area (Å²) in [5.41, 5.74) is 1.13. The average molecular weight is 779 g/mol. The van der Waals surface area contributed by atoms with Crippen LogP contribution in [0.25, 0.3) is 0 Å². The van der Waals surface area contributed by atoms with Gasteiger partial charge in [-0.2, -0.15) is 0 Å². The van der Waals surface area contributed by atoms with Crippen molar-refractivity contribution in [3.05, 3.63) is 0 Å². The lowest BCUT2D eigenvalue weighted by Crippen LogP contribution is -3.00. The first-order valence-electron chi connectivity index (χ1n) is 20.0. The molecular formula is C42H86Br2N2. The van der Waals surface area contributed by atoms with E-state index < -0.39 is 0 Å². The molecule has 0 saturated heterocycles. The minimum atomic E-state index is 0. The molecule has 0 amide bonds. The number of unbranched alkanes of at least 4 members (excludes halogenated alkanes) is 3. The first kappa shape index (κ1) is 46.9. The molecule has 0 spiro atoms. The van der Waals surface area contributed by atoms with Crippen LogP contribution in [0.15, 0.2) is 0 Å². The van der Waals surface area contributed by atoms with Crippen molar-refractivity contribution in [2.75, 3.05) is 41.3 Å². The summed E-state index contributed by atoms with van der Waals surface area (Å²) in [6.45, 7) is 27.9. The van der Waals surface area contributed by atoms with Crippen LogP contribution in [0.1, 0.15) is 172 Å². The van der Waals surface area contributed by atoms with Crippen molar-refractivity contribution in [3.63, 3.8) is 0 Å². The standard InChI is InChI=1S/C42H86N2.2BrH/c1-33(2)31-41(9)27-19-21-35(5)39(41)25-23-37(7)43(11,12)29-17-15-16-18-30-44(13,14)38(8)24-26-40-36(6)22-20-28-42(40,10)32-34(3)4;;/h33-40H,15-32H2,1-14H3;2*1H/q+2;;/p-2. The molecule has 0 heterocycles. The second-order valence-electron chi connectivity index (χ2n) is 19.7. The van der Waals surface area contributed by atoms with Crippen molar-refractivity contribution in [3.8, 4) is 0 Å². The number of rotatable bonds is 19. The Hall–Kier alpha value is 0.880. The molecule has 2 saturated carbocycles. The van der Waals surface area contributed by atoms with Gasteiger partial charge in [0.25, 0.3) is 0 Å². The summed E-state index contributed by atoms with van der Waals surface area (Å²) >= 11 is 0. The Kier molecular flexibility index (Phi) is 21.1. The van der Waals surface area contributed by atoms with Crippen LogP contribution in [0.3, 0.4) is 0 Å². The van der Waals surface area contributed by atoms with Crippen LogP contribution >= 0.6 is 0 Å². The number of halogens is 2. The second kappa shape index (κ2) is 20.7. The molecule has 0 aliphatic heterocycles. The molecule has 4 heteroatoms. The van der Waals surface area contributed by atoms with E-state index in [4.69, 9.17) is 0 Å². The maximum Gasteiger partial charge on any atom is 0.0857 e. The zero-order valence-corrected chi connectivity index (χ0v) is 37.2. The number of quaternary nitrogens is 2. The van der Waals surface area contributed by atoms with Gasteiger partial charge in [0.05, 0.1) is 53.4 Å². The zero-order valence-electron chi connectivity index (χ0n) is 34.0. The van der Waals surface area contributed by atoms with E-state index in [-0.39, 0.29) is 34.0 Å². The molecule has 2 nitrogen and oxygen atoms in total. The van der Waals surface area contributed by atoms with Gasteiger partial charge in [-0.1, -0.05) is 81.1 Å². The molecule has 278 valence electrons. The lowest BCUT2D eigenvalue weighted by Gasteiger charge is -2.47. The van der Waals surface area contributed by atoms with Crippen molar-refractivity contribution < 1.29 is 42.9 Å². The number of nitrogens with zero attached hydrogens (tertiary/aromatic N) is 2. The number of hydrogen-bond donors (Lipinski definition) is 0. The molecule has 2 aliphatic rings. The van der Waals surface area contributed by atoms with E-state index in [1.54, 1.807) is 0 Å². The van der Waals surface area contributed by atoms with Gasteiger partial charge in [-0.3, -0.25) is 0 Å². The summed E-state index contributed by atoms with van der Waals surface area (Å²) in [7, 11) is 10.1. The number of hydrogen-bond acceptors (Lipinski definition) is 0. The molecule has 8 atom stereocenters. The van der Waals surface area contributed by atoms with Crippen molar-refractivity contribution >= 4 is 0 Å². The van der Waals surface area contributed by atoms with Crippen molar-refractivity contribution in [2.24, 2.45) is 46.3 Å². The van der Waals surface area contributed by atoms with Gasteiger partial charge in [-0.05, 0) is 137 Å². The highest BCUT2D eigenvalue weighted by atomic mass is 79.9. The molecule has 46 heavy (non-hydrogen) atoms. The van der Waals surface area contributed by atoms with Crippen LogP contribution in [0, 0.1) is 46.3 Å². The molecule has 2 rings (SSSR count). The molecular weight excluding hydrogens is 692 g/mol. The third kappa shape index (κ3) is 14.2. The maximum absolute atomic E-state index is 2.64. The van der Waals surface area contributed by atoms with Crippen LogP contribution in [-0.2, 0) is 0 Å². The molecule has 0 aromatic carbocycles. The Morgan fingerprint density at radius 3 is 1.20 bits per heavy atom. The van der Waals surface area contributed by atoms with Crippen LogP contribution in [-0.4, -0.2) is 62.3 Å². The molecule has 0 N–H and O–H groups in total. The summed E-state index contributed by atoms with van der Waals surface area (Å²) in [6.07, 6.45) is 22.8. The van der Waals surface area contributed by atoms with E-state index in [1.165, 1.54) is 125 Å². The smallest absolute Gasteiger partial charge is 0.0857 e. The normalized spacial score (nSPS) is 30.5. The Labute approximate surface area is 313 Å². The predicted molar refractivity (Wildman–Crippen MR) is 198 cm³/mol. The average Bonchev–Trinajstić information content (AvgIpc) is 2.88. The van der Waals surface area contributed by atoms with Gasteiger partial charge in [0.15, 0.2) is 0 Å². The first-order valence-corrected chi connectivity index (χ1v) is 20.0. The zero-order chi connectivity index (χ0) is 33.3. The van der Waals surface area contributed by atoms with Gasteiger partial charge in [0.1, 0.15) is 0 Å². The topological polar surface area (TPSA) is 0 Å². The van der Waals surface area contributed by atoms with E-state index >= 15 is 0 Å². The van der Waals surface area contributed by atoms with Crippen LogP contribution < -0.4 is 34.0 Å². The monoisotopic (exact) mass is 777 g/mol. The summed E-state index contributed by atoms with van der Waals surface area (Å²) in [4.78, 5) is 0. The Morgan fingerprint density at radius 2 is 0.891 bits per heavy atom. The van der Waals surface area contributed by atoms with Gasteiger partial charge in [-0.25, -0.2) is 0 Å². The summed E-state index contributed by atoms with van der Waals surface area (Å²) in [6, 6.07) is 1.52. The SMILES string of the molecule is CC(C)CC1(C)CCCC(C)C1CCC(C)[N+](C)(C)CCCCCC[N+](C)(C)C(C)CCC1C(C)CCCC1(C)CC(C)C.[Br-].[Br-]. The molecule has 0 bridgehead atoms. The molecule has 2 aliphatic carbocycles. The largest absolute Gasteiger partial charge is 1.00 e. The van der Waals surface area contributed by atoms with E-state index in [0.29, 0.717) is 10.8 Å². The lowest BCUT2D eigenvalue weighted by molar-refractivity contribution is -0.914. The summed E-state index contributed by atoms with van der Waals surface area (Å²) in [5, 5.41) is 0. The van der Waals surface area contributed by atoms with Crippen molar-refractivity contribution in [1.29, 1.82) is 0 Å². The quantitative estimate of drug-likeness (QED) is 0.111. The molecule has 8 unspecified atom stereocenters. The third-order valence-electron chi connectivity index (χ3n) is 14.1. The molecule has 0 aromatic heterocycles. The highest BCUT2D eigenvalue weighted by Crippen LogP contribution is 2.51. The molecule has 2 fully saturated rings. The van der Waals surface area contributed by atoms with Crippen LogP contribution in [0.2, 0.25) is 0 Å². The minimum Gasteiger partial charge on any atom is -1.00 e. The Bertz CT molecular complexity index is 743. The Morgan fingerprint density at radius 1 is 0.565 bits per heavy atom. The van der Waals surface area contributed by atoms with Gasteiger partial charge in [0, 0.05) is 0 Å². The summed E-state index contributed by atoms with van der Waals surface area (Å²) < 4.78 is 2.41. The van der Waals surface area contributed by atoms with Gasteiger partial charge in [0.2, 0.25) is 0 Å². The fourth-order valence-electron chi connectivity index (χ4n) is 10.8. The molecule has 0 aromatic rings. The van der Waals surface area contributed by atoms with Crippen LogP contribution in [0.4, 0.5) is 0 Å². The highest BCUT2D eigenvalue weighted by Gasteiger charge is 2.42. The Balaban J connectivity index is 0.0000101. The van der Waals surface area contributed by atoms with Gasteiger partial charge >= 0.3 is 0 Å². The third-order valence-corrected chi connectivity index (χ3v) is 14.1. The van der Waals surface area contributed by atoms with E-state index in [1.807, 2.05) is 0 Å². The van der Waals surface area contributed by atoms with E-state index in [9.17, 15) is 0 Å². The van der Waals surface area contributed by atoms with Gasteiger partial charge < -0.3 is 42.9 Å². The molecule has 0 radical (unpaired) electrons. The lowest BCUT2D eigenvalue weighted by atomic mass is 9.59. The minimum absolute atomic E-state index is 0. The van der Waals surface area contributed by atoms with Gasteiger partial charge in [-0.15, -0.1) is 0 Å². The fraction of sp³-hybridized carbons (Fsp3) is 1.00. The second-order valence-corrected chi connectivity index (χ2v) is 19.7. The van der Waals surface area contributed by atoms with Crippen LogP contribution in [0.5, 0.6) is 0 Å². The van der Waals surface area contributed by atoms with Crippen molar-refractivity contribution in [1.82, 2.24) is 0 Å². The fourth-order valence-corrected chi connectivity index (χ4v) is 10.8. The van der Waals surface area contributed by atoms with E-state index in [2.05, 4.69) is 97.4 Å². The predicted octanol–water partition coefficient (Wildman–Crippen LogP) is 6.02. The van der Waals surface area contributed by atoms with Crippen molar-refractivity contribution in [2.45, 2.75) is 184 Å². The first-order chi connectivity index (χ1) is 20.3.